The van der Waals surface area contributed by atoms with Gasteiger partial charge in [-0.1, -0.05) is 5.92 Å². The second-order valence-electron chi connectivity index (χ2n) is 4.84. The van der Waals surface area contributed by atoms with Crippen molar-refractivity contribution in [3.05, 3.63) is 0 Å². The quantitative estimate of drug-likeness (QED) is 0.532. The predicted octanol–water partition coefficient (Wildman–Crippen LogP) is -0.0552. The average molecular weight is 252 g/mol. The van der Waals surface area contributed by atoms with E-state index in [0.29, 0.717) is 12.6 Å². The number of terminal acetylenes is 1. The molecule has 0 aromatic carbocycles. The maximum absolute atomic E-state index is 11.3. The Balaban J connectivity index is 2.05. The molecule has 5 heteroatoms. The third-order valence-corrected chi connectivity index (χ3v) is 3.14. The zero-order chi connectivity index (χ0) is 13.4. The zero-order valence-corrected chi connectivity index (χ0v) is 11.4. The molecule has 0 atom stereocenters. The maximum Gasteiger partial charge on any atom is 0.316 e. The lowest BCUT2D eigenvalue weighted by Gasteiger charge is -2.31. The van der Waals surface area contributed by atoms with Gasteiger partial charge in [0.15, 0.2) is 0 Å². The first-order valence-electron chi connectivity index (χ1n) is 6.48. The number of carbonyl (C=O) groups excluding carboxylic acids is 1. The summed E-state index contributed by atoms with van der Waals surface area (Å²) in [6.45, 7) is 4.37. The van der Waals surface area contributed by atoms with E-state index in [1.807, 2.05) is 0 Å². The molecule has 102 valence electrons. The highest BCUT2D eigenvalue weighted by molar-refractivity contribution is 5.73. The zero-order valence-electron chi connectivity index (χ0n) is 11.4. The number of urea groups is 1. The molecule has 0 saturated carbocycles. The first-order valence-corrected chi connectivity index (χ1v) is 6.48. The Labute approximate surface area is 110 Å². The van der Waals surface area contributed by atoms with Crippen molar-refractivity contribution in [3.63, 3.8) is 0 Å². The second kappa shape index (κ2) is 7.96. The van der Waals surface area contributed by atoms with Crippen molar-refractivity contribution < 1.29 is 4.79 Å². The lowest BCUT2D eigenvalue weighted by atomic mass is 10.1. The Hall–Kier alpha value is -1.25. The summed E-state index contributed by atoms with van der Waals surface area (Å²) in [6, 6.07) is 0.510. The molecular formula is C13H24N4O. The highest BCUT2D eigenvalue weighted by Gasteiger charge is 2.17. The molecule has 0 bridgehead atoms. The van der Waals surface area contributed by atoms with Gasteiger partial charge in [0.05, 0.1) is 6.54 Å². The van der Waals surface area contributed by atoms with Crippen molar-refractivity contribution in [3.8, 4) is 12.3 Å². The standard InChI is InChI=1S/C13H24N4O/c1-4-9-17-10-5-12(6-11-17)14-7-8-15-13(18)16(2)3/h1,12,14H,5-11H2,2-3H3,(H,15,18). The van der Waals surface area contributed by atoms with Gasteiger partial charge in [0.2, 0.25) is 0 Å². The van der Waals surface area contributed by atoms with E-state index in [9.17, 15) is 4.79 Å². The van der Waals surface area contributed by atoms with E-state index >= 15 is 0 Å². The SMILES string of the molecule is C#CCN1CCC(NCCNC(=O)N(C)C)CC1. The van der Waals surface area contributed by atoms with Crippen LogP contribution in [-0.2, 0) is 0 Å². The highest BCUT2D eigenvalue weighted by Crippen LogP contribution is 2.08. The van der Waals surface area contributed by atoms with Gasteiger partial charge < -0.3 is 15.5 Å². The molecule has 5 nitrogen and oxygen atoms in total. The van der Waals surface area contributed by atoms with Gasteiger partial charge in [0.25, 0.3) is 0 Å². The van der Waals surface area contributed by atoms with Gasteiger partial charge in [-0.05, 0) is 12.8 Å². The van der Waals surface area contributed by atoms with Crippen LogP contribution in [0.4, 0.5) is 4.79 Å². The van der Waals surface area contributed by atoms with Gasteiger partial charge in [-0.25, -0.2) is 4.79 Å². The van der Waals surface area contributed by atoms with Crippen LogP contribution in [0.15, 0.2) is 0 Å². The Morgan fingerprint density at radius 2 is 2.06 bits per heavy atom. The Bertz CT molecular complexity index is 290. The molecule has 1 aliphatic heterocycles. The number of amides is 2. The molecule has 0 spiro atoms. The van der Waals surface area contributed by atoms with Gasteiger partial charge in [-0.3, -0.25) is 4.90 Å². The van der Waals surface area contributed by atoms with E-state index in [4.69, 9.17) is 6.42 Å². The van der Waals surface area contributed by atoms with E-state index in [1.165, 1.54) is 4.90 Å². The minimum atomic E-state index is -0.0411. The summed E-state index contributed by atoms with van der Waals surface area (Å²) < 4.78 is 0. The van der Waals surface area contributed by atoms with E-state index in [-0.39, 0.29) is 6.03 Å². The highest BCUT2D eigenvalue weighted by atomic mass is 16.2. The first kappa shape index (κ1) is 14.8. The summed E-state index contributed by atoms with van der Waals surface area (Å²) in [5.74, 6) is 2.68. The summed E-state index contributed by atoms with van der Waals surface area (Å²) in [5.41, 5.74) is 0. The topological polar surface area (TPSA) is 47.6 Å². The van der Waals surface area contributed by atoms with Crippen LogP contribution in [0.5, 0.6) is 0 Å². The lowest BCUT2D eigenvalue weighted by Crippen LogP contribution is -2.45. The normalized spacial score (nSPS) is 17.2. The van der Waals surface area contributed by atoms with Gasteiger partial charge in [0, 0.05) is 46.3 Å². The van der Waals surface area contributed by atoms with Crippen LogP contribution in [0.3, 0.4) is 0 Å². The summed E-state index contributed by atoms with van der Waals surface area (Å²) in [4.78, 5) is 15.1. The number of piperidine rings is 1. The fourth-order valence-corrected chi connectivity index (χ4v) is 2.03. The van der Waals surface area contributed by atoms with Gasteiger partial charge in [0.1, 0.15) is 0 Å². The predicted molar refractivity (Wildman–Crippen MR) is 73.4 cm³/mol. The molecule has 0 aromatic rings. The third-order valence-electron chi connectivity index (χ3n) is 3.14. The number of likely N-dealkylation sites (tertiary alicyclic amines) is 1. The summed E-state index contributed by atoms with van der Waals surface area (Å²) in [5, 5.41) is 6.31. The van der Waals surface area contributed by atoms with Crippen LogP contribution in [0.25, 0.3) is 0 Å². The second-order valence-corrected chi connectivity index (χ2v) is 4.84. The molecular weight excluding hydrogens is 228 g/mol. The molecule has 2 N–H and O–H groups in total. The molecule has 2 amide bonds. The number of hydrogen-bond acceptors (Lipinski definition) is 3. The van der Waals surface area contributed by atoms with Crippen LogP contribution in [0.1, 0.15) is 12.8 Å². The molecule has 0 aromatic heterocycles. The monoisotopic (exact) mass is 252 g/mol. The van der Waals surface area contributed by atoms with E-state index in [1.54, 1.807) is 14.1 Å². The molecule has 1 rings (SSSR count). The number of carbonyl (C=O) groups is 1. The number of nitrogens with one attached hydrogen (secondary N) is 2. The Kier molecular flexibility index (Phi) is 6.55. The van der Waals surface area contributed by atoms with Crippen LogP contribution in [-0.4, -0.2) is 68.7 Å². The van der Waals surface area contributed by atoms with Crippen molar-refractivity contribution in [2.45, 2.75) is 18.9 Å². The van der Waals surface area contributed by atoms with Crippen LogP contribution in [0.2, 0.25) is 0 Å². The van der Waals surface area contributed by atoms with Gasteiger partial charge in [-0.15, -0.1) is 6.42 Å². The van der Waals surface area contributed by atoms with Crippen molar-refractivity contribution in [1.29, 1.82) is 0 Å². The Morgan fingerprint density at radius 3 is 2.61 bits per heavy atom. The molecule has 0 unspecified atom stereocenters. The average Bonchev–Trinajstić information content (AvgIpc) is 2.36. The van der Waals surface area contributed by atoms with Crippen molar-refractivity contribution in [2.24, 2.45) is 0 Å². The molecule has 1 aliphatic rings. The molecule has 1 fully saturated rings. The molecule has 1 saturated heterocycles. The molecule has 0 aliphatic carbocycles. The smallest absolute Gasteiger partial charge is 0.316 e. The number of nitrogens with zero attached hydrogens (tertiary/aromatic N) is 2. The van der Waals surface area contributed by atoms with E-state index in [2.05, 4.69) is 21.5 Å². The minimum Gasteiger partial charge on any atom is -0.337 e. The molecule has 0 radical (unpaired) electrons. The van der Waals surface area contributed by atoms with Crippen molar-refractivity contribution in [1.82, 2.24) is 20.4 Å². The summed E-state index contributed by atoms with van der Waals surface area (Å²) >= 11 is 0. The van der Waals surface area contributed by atoms with Crippen LogP contribution in [0, 0.1) is 12.3 Å². The molecule has 18 heavy (non-hydrogen) atoms. The minimum absolute atomic E-state index is 0.0411. The van der Waals surface area contributed by atoms with Crippen LogP contribution < -0.4 is 10.6 Å². The van der Waals surface area contributed by atoms with Gasteiger partial charge >= 0.3 is 6.03 Å². The number of hydrogen-bond donors (Lipinski definition) is 2. The summed E-state index contributed by atoms with van der Waals surface area (Å²) in [6.07, 6.45) is 7.55. The fourth-order valence-electron chi connectivity index (χ4n) is 2.03. The van der Waals surface area contributed by atoms with E-state index in [0.717, 1.165) is 39.0 Å². The third kappa shape index (κ3) is 5.39. The lowest BCUT2D eigenvalue weighted by molar-refractivity contribution is 0.212. The first-order chi connectivity index (χ1) is 8.63. The van der Waals surface area contributed by atoms with Crippen molar-refractivity contribution >= 4 is 6.03 Å². The Morgan fingerprint density at radius 1 is 1.39 bits per heavy atom. The fraction of sp³-hybridized carbons (Fsp3) is 0.769. The van der Waals surface area contributed by atoms with Gasteiger partial charge in [-0.2, -0.15) is 0 Å². The van der Waals surface area contributed by atoms with E-state index < -0.39 is 0 Å². The molecule has 1 heterocycles. The largest absolute Gasteiger partial charge is 0.337 e. The van der Waals surface area contributed by atoms with Crippen molar-refractivity contribution in [2.75, 3.05) is 46.8 Å². The number of rotatable bonds is 5. The van der Waals surface area contributed by atoms with Crippen LogP contribution >= 0.6 is 0 Å². The summed E-state index contributed by atoms with van der Waals surface area (Å²) in [7, 11) is 3.48. The maximum atomic E-state index is 11.3.